The third-order valence-corrected chi connectivity index (χ3v) is 4.72. The van der Waals surface area contributed by atoms with Crippen molar-refractivity contribution >= 4 is 22.7 Å². The highest BCUT2D eigenvalue weighted by Gasteiger charge is 2.19. The molecule has 108 valence electrons. The van der Waals surface area contributed by atoms with Crippen LogP contribution in [0.25, 0.3) is 11.0 Å². The molecule has 0 saturated heterocycles. The number of hydrogen-bond donors (Lipinski definition) is 0. The number of fused-ring (bicyclic) bond motifs is 1. The van der Waals surface area contributed by atoms with E-state index in [9.17, 15) is 0 Å². The van der Waals surface area contributed by atoms with Crippen LogP contribution in [-0.2, 0) is 0 Å². The number of thioether (sulfide) groups is 1. The SMILES string of the molecule is CC(C)CC(Sc1ccccc1)c1cc2ccccc2o1. The third kappa shape index (κ3) is 3.51. The Morgan fingerprint density at radius 2 is 1.67 bits per heavy atom. The van der Waals surface area contributed by atoms with Gasteiger partial charge in [-0.05, 0) is 36.6 Å². The number of benzene rings is 2. The van der Waals surface area contributed by atoms with Gasteiger partial charge in [0.15, 0.2) is 0 Å². The lowest BCUT2D eigenvalue weighted by molar-refractivity contribution is 0.492. The summed E-state index contributed by atoms with van der Waals surface area (Å²) in [6.45, 7) is 4.53. The molecule has 0 aliphatic rings. The van der Waals surface area contributed by atoms with Gasteiger partial charge in [-0.3, -0.25) is 0 Å². The smallest absolute Gasteiger partial charge is 0.134 e. The van der Waals surface area contributed by atoms with Crippen molar-refractivity contribution in [3.63, 3.8) is 0 Å². The van der Waals surface area contributed by atoms with E-state index >= 15 is 0 Å². The number of rotatable bonds is 5. The minimum atomic E-state index is 0.361. The van der Waals surface area contributed by atoms with E-state index in [1.807, 2.05) is 23.9 Å². The molecule has 0 fully saturated rings. The van der Waals surface area contributed by atoms with E-state index < -0.39 is 0 Å². The lowest BCUT2D eigenvalue weighted by atomic mass is 10.1. The van der Waals surface area contributed by atoms with Crippen LogP contribution in [0.4, 0.5) is 0 Å². The second kappa shape index (κ2) is 6.40. The molecule has 0 amide bonds. The first-order chi connectivity index (χ1) is 10.2. The zero-order chi connectivity index (χ0) is 14.7. The van der Waals surface area contributed by atoms with Gasteiger partial charge in [0.05, 0.1) is 5.25 Å². The lowest BCUT2D eigenvalue weighted by Gasteiger charge is -2.16. The highest BCUT2D eigenvalue weighted by Crippen LogP contribution is 2.41. The molecule has 1 atom stereocenters. The summed E-state index contributed by atoms with van der Waals surface area (Å²) in [6, 6.07) is 21.0. The topological polar surface area (TPSA) is 13.1 Å². The van der Waals surface area contributed by atoms with E-state index in [1.54, 1.807) is 0 Å². The Labute approximate surface area is 130 Å². The van der Waals surface area contributed by atoms with Crippen LogP contribution in [0.2, 0.25) is 0 Å². The summed E-state index contributed by atoms with van der Waals surface area (Å²) in [7, 11) is 0. The van der Waals surface area contributed by atoms with Crippen LogP contribution in [0.5, 0.6) is 0 Å². The summed E-state index contributed by atoms with van der Waals surface area (Å²) in [4.78, 5) is 1.30. The first kappa shape index (κ1) is 14.3. The van der Waals surface area contributed by atoms with Crippen molar-refractivity contribution in [3.05, 3.63) is 66.4 Å². The molecule has 0 N–H and O–H groups in total. The Morgan fingerprint density at radius 1 is 0.952 bits per heavy atom. The molecule has 0 bridgehead atoms. The van der Waals surface area contributed by atoms with Crippen LogP contribution in [-0.4, -0.2) is 0 Å². The van der Waals surface area contributed by atoms with Gasteiger partial charge in [0.1, 0.15) is 11.3 Å². The van der Waals surface area contributed by atoms with Crippen molar-refractivity contribution in [1.29, 1.82) is 0 Å². The first-order valence-corrected chi connectivity index (χ1v) is 8.30. The van der Waals surface area contributed by atoms with Crippen molar-refractivity contribution in [3.8, 4) is 0 Å². The maximum Gasteiger partial charge on any atom is 0.134 e. The summed E-state index contributed by atoms with van der Waals surface area (Å²) in [5.74, 6) is 1.72. The number of hydrogen-bond acceptors (Lipinski definition) is 2. The van der Waals surface area contributed by atoms with E-state index in [0.717, 1.165) is 17.8 Å². The molecule has 21 heavy (non-hydrogen) atoms. The molecule has 2 heteroatoms. The van der Waals surface area contributed by atoms with Gasteiger partial charge in [0.25, 0.3) is 0 Å². The molecule has 0 saturated carbocycles. The average molecular weight is 296 g/mol. The molecule has 1 unspecified atom stereocenters. The van der Waals surface area contributed by atoms with Gasteiger partial charge in [0, 0.05) is 10.3 Å². The quantitative estimate of drug-likeness (QED) is 0.512. The summed E-state index contributed by atoms with van der Waals surface area (Å²) < 4.78 is 6.08. The summed E-state index contributed by atoms with van der Waals surface area (Å²) in [5.41, 5.74) is 0.981. The fraction of sp³-hybridized carbons (Fsp3) is 0.263. The van der Waals surface area contributed by atoms with E-state index in [4.69, 9.17) is 4.42 Å². The Kier molecular flexibility index (Phi) is 4.35. The summed E-state index contributed by atoms with van der Waals surface area (Å²) >= 11 is 1.89. The van der Waals surface area contributed by atoms with Gasteiger partial charge in [-0.25, -0.2) is 0 Å². The molecule has 3 rings (SSSR count). The van der Waals surface area contributed by atoms with Gasteiger partial charge in [0.2, 0.25) is 0 Å². The summed E-state index contributed by atoms with van der Waals surface area (Å²) in [6.07, 6.45) is 1.11. The molecule has 0 aliphatic heterocycles. The van der Waals surface area contributed by atoms with Crippen LogP contribution >= 0.6 is 11.8 Å². The Morgan fingerprint density at radius 3 is 2.38 bits per heavy atom. The van der Waals surface area contributed by atoms with Crippen LogP contribution in [0.15, 0.2) is 70.0 Å². The molecule has 0 radical (unpaired) electrons. The second-order valence-electron chi connectivity index (χ2n) is 5.74. The van der Waals surface area contributed by atoms with Crippen LogP contribution in [0.3, 0.4) is 0 Å². The zero-order valence-electron chi connectivity index (χ0n) is 12.5. The Balaban J connectivity index is 1.91. The summed E-state index contributed by atoms with van der Waals surface area (Å²) in [5, 5.41) is 1.55. The van der Waals surface area contributed by atoms with Crippen LogP contribution in [0, 0.1) is 5.92 Å². The van der Waals surface area contributed by atoms with Gasteiger partial charge < -0.3 is 4.42 Å². The van der Waals surface area contributed by atoms with Crippen molar-refractivity contribution in [2.75, 3.05) is 0 Å². The van der Waals surface area contributed by atoms with Crippen molar-refractivity contribution in [2.45, 2.75) is 30.4 Å². The van der Waals surface area contributed by atoms with Crippen molar-refractivity contribution < 1.29 is 4.42 Å². The minimum Gasteiger partial charge on any atom is -0.460 e. The molecular weight excluding hydrogens is 276 g/mol. The fourth-order valence-corrected chi connectivity index (χ4v) is 3.83. The standard InChI is InChI=1S/C19H20OS/c1-14(2)12-19(21-16-9-4-3-5-10-16)18-13-15-8-6-7-11-17(15)20-18/h3-11,13-14,19H,12H2,1-2H3. The second-order valence-corrected chi connectivity index (χ2v) is 7.01. The van der Waals surface area contributed by atoms with Crippen molar-refractivity contribution in [2.24, 2.45) is 5.92 Å². The molecular formula is C19H20OS. The predicted octanol–water partition coefficient (Wildman–Crippen LogP) is 6.31. The van der Waals surface area contributed by atoms with E-state index in [2.05, 4.69) is 62.4 Å². The maximum absolute atomic E-state index is 6.08. The van der Waals surface area contributed by atoms with Crippen LogP contribution < -0.4 is 0 Å². The molecule has 2 aromatic carbocycles. The first-order valence-electron chi connectivity index (χ1n) is 7.42. The maximum atomic E-state index is 6.08. The van der Waals surface area contributed by atoms with E-state index in [1.165, 1.54) is 10.3 Å². The largest absolute Gasteiger partial charge is 0.460 e. The normalized spacial score (nSPS) is 12.9. The van der Waals surface area contributed by atoms with Crippen molar-refractivity contribution in [1.82, 2.24) is 0 Å². The molecule has 3 aromatic rings. The number of para-hydroxylation sites is 1. The van der Waals surface area contributed by atoms with Gasteiger partial charge in [-0.15, -0.1) is 11.8 Å². The molecule has 1 heterocycles. The van der Waals surface area contributed by atoms with Gasteiger partial charge in [-0.2, -0.15) is 0 Å². The third-order valence-electron chi connectivity index (χ3n) is 3.47. The minimum absolute atomic E-state index is 0.361. The van der Waals surface area contributed by atoms with Gasteiger partial charge >= 0.3 is 0 Å². The van der Waals surface area contributed by atoms with E-state index in [-0.39, 0.29) is 0 Å². The van der Waals surface area contributed by atoms with Gasteiger partial charge in [-0.1, -0.05) is 50.2 Å². The lowest BCUT2D eigenvalue weighted by Crippen LogP contribution is -1.98. The molecule has 1 nitrogen and oxygen atoms in total. The highest BCUT2D eigenvalue weighted by atomic mass is 32.2. The average Bonchev–Trinajstić information content (AvgIpc) is 2.91. The molecule has 1 aromatic heterocycles. The monoisotopic (exact) mass is 296 g/mol. The zero-order valence-corrected chi connectivity index (χ0v) is 13.3. The fourth-order valence-electron chi connectivity index (χ4n) is 2.47. The van der Waals surface area contributed by atoms with Crippen LogP contribution in [0.1, 0.15) is 31.3 Å². The Bertz CT molecular complexity index is 667. The Hall–Kier alpha value is -1.67. The molecule has 0 aliphatic carbocycles. The predicted molar refractivity (Wildman–Crippen MR) is 90.7 cm³/mol. The highest BCUT2D eigenvalue weighted by molar-refractivity contribution is 7.99. The molecule has 0 spiro atoms. The van der Waals surface area contributed by atoms with E-state index in [0.29, 0.717) is 11.2 Å². The number of furan rings is 1.